The molecule has 0 saturated heterocycles. The number of aryl methyl sites for hydroxylation is 1. The van der Waals surface area contributed by atoms with Crippen LogP contribution in [0.4, 0.5) is 0 Å². The average Bonchev–Trinajstić information content (AvgIpc) is 2.23. The molecular weight excluding hydrogens is 208 g/mol. The summed E-state index contributed by atoms with van der Waals surface area (Å²) in [6.07, 6.45) is 5.35. The maximum absolute atomic E-state index is 9.51. The number of aromatic hydroxyl groups is 2. The summed E-state index contributed by atoms with van der Waals surface area (Å²) < 4.78 is 0. The molecule has 0 fully saturated rings. The molecule has 0 atom stereocenters. The fraction of sp³-hybridized carbons (Fsp3) is 0.500. The van der Waals surface area contributed by atoms with Crippen molar-refractivity contribution in [3.63, 3.8) is 0 Å². The number of thiol groups is 1. The fourth-order valence-corrected chi connectivity index (χ4v) is 1.78. The minimum absolute atomic E-state index is 0.221. The van der Waals surface area contributed by atoms with Gasteiger partial charge in [-0.05, 0) is 48.8 Å². The molecule has 0 amide bonds. The normalized spacial score (nSPS) is 10.5. The zero-order valence-electron chi connectivity index (χ0n) is 8.82. The Bertz CT molecular complexity index is 300. The summed E-state index contributed by atoms with van der Waals surface area (Å²) in [6, 6.07) is 4.67. The average molecular weight is 226 g/mol. The molecule has 0 aliphatic carbocycles. The first-order valence-electron chi connectivity index (χ1n) is 5.36. The van der Waals surface area contributed by atoms with E-state index in [1.807, 2.05) is 0 Å². The highest BCUT2D eigenvalue weighted by Gasteiger charge is 2.01. The number of hydrogen-bond acceptors (Lipinski definition) is 3. The molecule has 0 aromatic heterocycles. The Balaban J connectivity index is 2.33. The number of unbranched alkanes of at least 4 members (excludes halogenated alkanes) is 3. The molecule has 0 saturated carbocycles. The van der Waals surface area contributed by atoms with Gasteiger partial charge in [0, 0.05) is 0 Å². The molecule has 84 valence electrons. The van der Waals surface area contributed by atoms with Gasteiger partial charge in [0.05, 0.1) is 0 Å². The number of benzene rings is 1. The van der Waals surface area contributed by atoms with Crippen molar-refractivity contribution in [2.45, 2.75) is 32.1 Å². The maximum atomic E-state index is 9.51. The summed E-state index contributed by atoms with van der Waals surface area (Å²) in [7, 11) is 0. The Labute approximate surface area is 96.4 Å². The van der Waals surface area contributed by atoms with E-state index >= 15 is 0 Å². The van der Waals surface area contributed by atoms with Gasteiger partial charge in [-0.3, -0.25) is 0 Å². The van der Waals surface area contributed by atoms with E-state index in [0.29, 0.717) is 0 Å². The molecule has 1 aromatic carbocycles. The Hall–Kier alpha value is -0.830. The SMILES string of the molecule is Oc1ccc(O)c(CCCCCCS)c1. The first-order chi connectivity index (χ1) is 7.24. The standard InChI is InChI=1S/C12H18O2S/c13-11-6-7-12(14)10(9-11)5-3-1-2-4-8-15/h6-7,9,13-15H,1-5,8H2. The monoisotopic (exact) mass is 226 g/mol. The smallest absolute Gasteiger partial charge is 0.119 e. The van der Waals surface area contributed by atoms with Crippen molar-refractivity contribution in [1.29, 1.82) is 0 Å². The van der Waals surface area contributed by atoms with E-state index in [1.54, 1.807) is 12.1 Å². The van der Waals surface area contributed by atoms with Crippen molar-refractivity contribution in [2.75, 3.05) is 5.75 Å². The third-order valence-electron chi connectivity index (χ3n) is 2.42. The van der Waals surface area contributed by atoms with E-state index in [4.69, 9.17) is 0 Å². The Morgan fingerprint density at radius 3 is 2.47 bits per heavy atom. The lowest BCUT2D eigenvalue weighted by Gasteiger charge is -2.04. The summed E-state index contributed by atoms with van der Waals surface area (Å²) in [6.45, 7) is 0. The quantitative estimate of drug-likeness (QED) is 0.396. The summed E-state index contributed by atoms with van der Waals surface area (Å²) in [5.41, 5.74) is 0.834. The molecule has 0 bridgehead atoms. The molecule has 1 rings (SSSR count). The minimum atomic E-state index is 0.221. The van der Waals surface area contributed by atoms with Crippen LogP contribution in [0.15, 0.2) is 18.2 Å². The summed E-state index contributed by atoms with van der Waals surface area (Å²) in [5.74, 6) is 1.44. The number of rotatable bonds is 6. The van der Waals surface area contributed by atoms with Gasteiger partial charge in [0.2, 0.25) is 0 Å². The molecule has 0 aliphatic rings. The molecule has 0 spiro atoms. The van der Waals surface area contributed by atoms with Crippen LogP contribution in [-0.4, -0.2) is 16.0 Å². The summed E-state index contributed by atoms with van der Waals surface area (Å²) >= 11 is 4.15. The van der Waals surface area contributed by atoms with Gasteiger partial charge in [-0.25, -0.2) is 0 Å². The Kier molecular flexibility index (Phi) is 5.40. The second-order valence-electron chi connectivity index (χ2n) is 3.70. The zero-order valence-corrected chi connectivity index (χ0v) is 9.71. The molecule has 0 unspecified atom stereocenters. The van der Waals surface area contributed by atoms with Crippen molar-refractivity contribution in [2.24, 2.45) is 0 Å². The first-order valence-corrected chi connectivity index (χ1v) is 5.99. The van der Waals surface area contributed by atoms with Crippen LogP contribution in [0.25, 0.3) is 0 Å². The van der Waals surface area contributed by atoms with Gasteiger partial charge in [0.15, 0.2) is 0 Å². The van der Waals surface area contributed by atoms with E-state index in [0.717, 1.165) is 37.0 Å². The molecule has 15 heavy (non-hydrogen) atoms. The predicted molar refractivity (Wildman–Crippen MR) is 65.8 cm³/mol. The van der Waals surface area contributed by atoms with E-state index in [-0.39, 0.29) is 11.5 Å². The summed E-state index contributed by atoms with van der Waals surface area (Å²) in [5, 5.41) is 18.8. The lowest BCUT2D eigenvalue weighted by atomic mass is 10.1. The molecule has 0 heterocycles. The number of hydrogen-bond donors (Lipinski definition) is 3. The third kappa shape index (κ3) is 4.47. The number of phenols is 2. The third-order valence-corrected chi connectivity index (χ3v) is 2.73. The lowest BCUT2D eigenvalue weighted by Crippen LogP contribution is -1.87. The molecule has 2 nitrogen and oxygen atoms in total. The lowest BCUT2D eigenvalue weighted by molar-refractivity contribution is 0.452. The second kappa shape index (κ2) is 6.62. The second-order valence-corrected chi connectivity index (χ2v) is 4.15. The van der Waals surface area contributed by atoms with Crippen LogP contribution < -0.4 is 0 Å². The summed E-state index contributed by atoms with van der Waals surface area (Å²) in [4.78, 5) is 0. The zero-order chi connectivity index (χ0) is 11.1. The first kappa shape index (κ1) is 12.2. The topological polar surface area (TPSA) is 40.5 Å². The molecule has 1 aromatic rings. The molecule has 0 aliphatic heterocycles. The predicted octanol–water partition coefficient (Wildman–Crippen LogP) is 3.13. The van der Waals surface area contributed by atoms with Crippen molar-refractivity contribution in [3.05, 3.63) is 23.8 Å². The van der Waals surface area contributed by atoms with Crippen LogP contribution >= 0.6 is 12.6 Å². The van der Waals surface area contributed by atoms with Gasteiger partial charge in [0.25, 0.3) is 0 Å². The van der Waals surface area contributed by atoms with Crippen molar-refractivity contribution < 1.29 is 10.2 Å². The van der Waals surface area contributed by atoms with Crippen LogP contribution in [0.5, 0.6) is 11.5 Å². The minimum Gasteiger partial charge on any atom is -0.508 e. The van der Waals surface area contributed by atoms with Crippen LogP contribution in [0.2, 0.25) is 0 Å². The Morgan fingerprint density at radius 2 is 1.73 bits per heavy atom. The van der Waals surface area contributed by atoms with Gasteiger partial charge in [-0.15, -0.1) is 0 Å². The Morgan fingerprint density at radius 1 is 1.00 bits per heavy atom. The van der Waals surface area contributed by atoms with Crippen LogP contribution in [0, 0.1) is 0 Å². The van der Waals surface area contributed by atoms with Crippen LogP contribution in [0.1, 0.15) is 31.2 Å². The van der Waals surface area contributed by atoms with Gasteiger partial charge in [-0.1, -0.05) is 12.8 Å². The highest BCUT2D eigenvalue weighted by molar-refractivity contribution is 7.80. The van der Waals surface area contributed by atoms with Crippen LogP contribution in [0.3, 0.4) is 0 Å². The van der Waals surface area contributed by atoms with Gasteiger partial charge in [0.1, 0.15) is 11.5 Å². The van der Waals surface area contributed by atoms with E-state index in [9.17, 15) is 10.2 Å². The highest BCUT2D eigenvalue weighted by Crippen LogP contribution is 2.23. The molecular formula is C12H18O2S. The molecule has 3 heteroatoms. The van der Waals surface area contributed by atoms with Gasteiger partial charge in [-0.2, -0.15) is 12.6 Å². The fourth-order valence-electron chi connectivity index (χ4n) is 1.55. The number of phenolic OH excluding ortho intramolecular Hbond substituents is 2. The largest absolute Gasteiger partial charge is 0.508 e. The maximum Gasteiger partial charge on any atom is 0.119 e. The van der Waals surface area contributed by atoms with Gasteiger partial charge < -0.3 is 10.2 Å². The van der Waals surface area contributed by atoms with Crippen molar-refractivity contribution >= 4 is 12.6 Å². The highest BCUT2D eigenvalue weighted by atomic mass is 32.1. The van der Waals surface area contributed by atoms with Crippen molar-refractivity contribution in [1.82, 2.24) is 0 Å². The van der Waals surface area contributed by atoms with Crippen LogP contribution in [-0.2, 0) is 6.42 Å². The molecule has 0 radical (unpaired) electrons. The van der Waals surface area contributed by atoms with Gasteiger partial charge >= 0.3 is 0 Å². The molecule has 2 N–H and O–H groups in total. The van der Waals surface area contributed by atoms with Crippen molar-refractivity contribution in [3.8, 4) is 11.5 Å². The van der Waals surface area contributed by atoms with E-state index < -0.39 is 0 Å². The van der Waals surface area contributed by atoms with E-state index in [1.165, 1.54) is 12.5 Å². The van der Waals surface area contributed by atoms with E-state index in [2.05, 4.69) is 12.6 Å².